The minimum atomic E-state index is -0.885. The van der Waals surface area contributed by atoms with Gasteiger partial charge in [-0.25, -0.2) is 9.97 Å². The van der Waals surface area contributed by atoms with Gasteiger partial charge in [-0.2, -0.15) is 5.10 Å². The van der Waals surface area contributed by atoms with Crippen molar-refractivity contribution in [3.05, 3.63) is 42.9 Å². The molecule has 2 aromatic heterocycles. The van der Waals surface area contributed by atoms with Gasteiger partial charge in [0.1, 0.15) is 12.3 Å². The van der Waals surface area contributed by atoms with Crippen LogP contribution in [0.25, 0.3) is 11.3 Å². The molecule has 10 heteroatoms. The molecular formula is C22H26N6O4. The Hall–Kier alpha value is -3.50. The molecule has 0 spiro atoms. The van der Waals surface area contributed by atoms with Gasteiger partial charge in [-0.05, 0) is 38.1 Å². The molecular weight excluding hydrogens is 412 g/mol. The SMILES string of the molecule is COc1cnc(Nc2ccc(N3CCOCC3=O)cc2)nc1-c1cnn(CC(C)(C)O)c1. The van der Waals surface area contributed by atoms with Gasteiger partial charge in [0.15, 0.2) is 5.75 Å². The number of rotatable bonds is 7. The van der Waals surface area contributed by atoms with Gasteiger partial charge in [0.2, 0.25) is 5.95 Å². The number of methoxy groups -OCH3 is 1. The molecule has 1 aliphatic rings. The molecule has 0 unspecified atom stereocenters. The number of aliphatic hydroxyl groups is 1. The largest absolute Gasteiger partial charge is 0.493 e. The molecule has 4 rings (SSSR count). The molecule has 32 heavy (non-hydrogen) atoms. The monoisotopic (exact) mass is 438 g/mol. The van der Waals surface area contributed by atoms with Crippen LogP contribution >= 0.6 is 0 Å². The van der Waals surface area contributed by atoms with E-state index in [1.165, 1.54) is 0 Å². The topological polar surface area (TPSA) is 115 Å². The maximum Gasteiger partial charge on any atom is 0.253 e. The first-order chi connectivity index (χ1) is 15.3. The molecule has 0 aliphatic carbocycles. The molecule has 1 fully saturated rings. The lowest BCUT2D eigenvalue weighted by atomic mass is 10.1. The van der Waals surface area contributed by atoms with Gasteiger partial charge in [0.25, 0.3) is 5.91 Å². The molecule has 3 aromatic rings. The Morgan fingerprint density at radius 2 is 2.03 bits per heavy atom. The number of morpholine rings is 1. The molecule has 1 aliphatic heterocycles. The van der Waals surface area contributed by atoms with E-state index in [1.807, 2.05) is 24.3 Å². The van der Waals surface area contributed by atoms with Crippen molar-refractivity contribution in [2.45, 2.75) is 26.0 Å². The lowest BCUT2D eigenvalue weighted by Crippen LogP contribution is -2.41. The Balaban J connectivity index is 1.53. The summed E-state index contributed by atoms with van der Waals surface area (Å²) in [5.41, 5.74) is 2.05. The van der Waals surface area contributed by atoms with Crippen LogP contribution in [0.4, 0.5) is 17.3 Å². The van der Waals surface area contributed by atoms with E-state index in [-0.39, 0.29) is 12.5 Å². The van der Waals surface area contributed by atoms with E-state index in [9.17, 15) is 9.90 Å². The molecule has 0 atom stereocenters. The van der Waals surface area contributed by atoms with E-state index < -0.39 is 5.60 Å². The molecule has 168 valence electrons. The van der Waals surface area contributed by atoms with Crippen molar-refractivity contribution >= 4 is 23.2 Å². The molecule has 1 amide bonds. The maximum atomic E-state index is 12.0. The molecule has 2 N–H and O–H groups in total. The summed E-state index contributed by atoms with van der Waals surface area (Å²) in [5, 5.41) is 17.5. The molecule has 10 nitrogen and oxygen atoms in total. The first kappa shape index (κ1) is 21.7. The lowest BCUT2D eigenvalue weighted by molar-refractivity contribution is -0.125. The number of hydrogen-bond donors (Lipinski definition) is 2. The summed E-state index contributed by atoms with van der Waals surface area (Å²) in [6.45, 7) is 4.97. The van der Waals surface area contributed by atoms with E-state index in [0.717, 1.165) is 16.9 Å². The fourth-order valence-corrected chi connectivity index (χ4v) is 3.40. The average Bonchev–Trinajstić information content (AvgIpc) is 3.21. The van der Waals surface area contributed by atoms with Crippen LogP contribution in [0.15, 0.2) is 42.9 Å². The normalized spacial score (nSPS) is 14.5. The second-order valence-electron chi connectivity index (χ2n) is 8.12. The first-order valence-electron chi connectivity index (χ1n) is 10.2. The smallest absolute Gasteiger partial charge is 0.253 e. The highest BCUT2D eigenvalue weighted by atomic mass is 16.5. The fourth-order valence-electron chi connectivity index (χ4n) is 3.40. The predicted molar refractivity (Wildman–Crippen MR) is 119 cm³/mol. The Kier molecular flexibility index (Phi) is 6.06. The number of hydrogen-bond acceptors (Lipinski definition) is 8. The highest BCUT2D eigenvalue weighted by molar-refractivity contribution is 5.95. The van der Waals surface area contributed by atoms with Crippen LogP contribution in [-0.2, 0) is 16.1 Å². The summed E-state index contributed by atoms with van der Waals surface area (Å²) in [6.07, 6.45) is 5.08. The van der Waals surface area contributed by atoms with Gasteiger partial charge in [0, 0.05) is 29.7 Å². The van der Waals surface area contributed by atoms with E-state index in [2.05, 4.69) is 20.4 Å². The third kappa shape index (κ3) is 5.04. The van der Waals surface area contributed by atoms with Crippen molar-refractivity contribution in [2.75, 3.05) is 37.1 Å². The number of nitrogens with one attached hydrogen (secondary N) is 1. The highest BCUT2D eigenvalue weighted by Crippen LogP contribution is 2.29. The van der Waals surface area contributed by atoms with Crippen LogP contribution < -0.4 is 15.0 Å². The van der Waals surface area contributed by atoms with Crippen LogP contribution in [0.1, 0.15) is 13.8 Å². The summed E-state index contributed by atoms with van der Waals surface area (Å²) in [5.74, 6) is 0.857. The van der Waals surface area contributed by atoms with Crippen molar-refractivity contribution in [3.63, 3.8) is 0 Å². The quantitative estimate of drug-likeness (QED) is 0.577. The van der Waals surface area contributed by atoms with Crippen molar-refractivity contribution in [1.29, 1.82) is 0 Å². The van der Waals surface area contributed by atoms with Crippen LogP contribution in [0, 0.1) is 0 Å². The summed E-state index contributed by atoms with van der Waals surface area (Å²) in [4.78, 5) is 22.6. The van der Waals surface area contributed by atoms with Crippen molar-refractivity contribution in [1.82, 2.24) is 19.7 Å². The van der Waals surface area contributed by atoms with Crippen molar-refractivity contribution in [3.8, 4) is 17.0 Å². The third-order valence-corrected chi connectivity index (χ3v) is 4.85. The average molecular weight is 438 g/mol. The Bertz CT molecular complexity index is 1090. The van der Waals surface area contributed by atoms with Gasteiger partial charge >= 0.3 is 0 Å². The lowest BCUT2D eigenvalue weighted by Gasteiger charge is -2.26. The van der Waals surface area contributed by atoms with Crippen molar-refractivity contribution < 1.29 is 19.4 Å². The third-order valence-electron chi connectivity index (χ3n) is 4.85. The van der Waals surface area contributed by atoms with Gasteiger partial charge in [-0.1, -0.05) is 0 Å². The summed E-state index contributed by atoms with van der Waals surface area (Å²) >= 11 is 0. The number of nitrogens with zero attached hydrogens (tertiary/aromatic N) is 5. The van der Waals surface area contributed by atoms with E-state index in [4.69, 9.17) is 9.47 Å². The predicted octanol–water partition coefficient (Wildman–Crippen LogP) is 2.23. The highest BCUT2D eigenvalue weighted by Gasteiger charge is 2.20. The number of carbonyl (C=O) groups is 1. The van der Waals surface area contributed by atoms with E-state index in [1.54, 1.807) is 49.1 Å². The molecule has 3 heterocycles. The number of amides is 1. The molecule has 0 bridgehead atoms. The van der Waals surface area contributed by atoms with E-state index in [0.29, 0.717) is 37.1 Å². The second kappa shape index (κ2) is 8.93. The summed E-state index contributed by atoms with van der Waals surface area (Å²) in [7, 11) is 1.56. The van der Waals surface area contributed by atoms with Crippen LogP contribution in [0.3, 0.4) is 0 Å². The fraction of sp³-hybridized carbons (Fsp3) is 0.364. The maximum absolute atomic E-state index is 12.0. The van der Waals surface area contributed by atoms with Crippen LogP contribution in [0.2, 0.25) is 0 Å². The van der Waals surface area contributed by atoms with Gasteiger partial charge in [0.05, 0.1) is 38.3 Å². The number of ether oxygens (including phenoxy) is 2. The van der Waals surface area contributed by atoms with Crippen LogP contribution in [0.5, 0.6) is 5.75 Å². The van der Waals surface area contributed by atoms with Crippen LogP contribution in [-0.4, -0.2) is 63.2 Å². The first-order valence-corrected chi connectivity index (χ1v) is 10.2. The van der Waals surface area contributed by atoms with E-state index >= 15 is 0 Å². The minimum Gasteiger partial charge on any atom is -0.493 e. The number of benzene rings is 1. The number of aromatic nitrogens is 4. The minimum absolute atomic E-state index is 0.0507. The zero-order valence-electron chi connectivity index (χ0n) is 18.3. The Labute approximate surface area is 185 Å². The molecule has 1 aromatic carbocycles. The Morgan fingerprint density at radius 1 is 1.25 bits per heavy atom. The summed E-state index contributed by atoms with van der Waals surface area (Å²) in [6, 6.07) is 7.48. The van der Waals surface area contributed by atoms with Gasteiger partial charge < -0.3 is 24.8 Å². The molecule has 0 radical (unpaired) electrons. The van der Waals surface area contributed by atoms with Gasteiger partial charge in [-0.3, -0.25) is 9.48 Å². The summed E-state index contributed by atoms with van der Waals surface area (Å²) < 4.78 is 12.3. The number of carbonyl (C=O) groups excluding carboxylic acids is 1. The van der Waals surface area contributed by atoms with Gasteiger partial charge in [-0.15, -0.1) is 0 Å². The number of anilines is 3. The second-order valence-corrected chi connectivity index (χ2v) is 8.12. The standard InChI is InChI=1S/C22H26N6O4/c1-22(2,30)14-27-12-15(10-24-27)20-18(31-3)11-23-21(26-20)25-16-4-6-17(7-5-16)28-8-9-32-13-19(28)29/h4-7,10-12,30H,8-9,13-14H2,1-3H3,(H,23,25,26). The molecule has 1 saturated heterocycles. The molecule has 0 saturated carbocycles. The van der Waals surface area contributed by atoms with Crippen molar-refractivity contribution in [2.24, 2.45) is 0 Å². The zero-order chi connectivity index (χ0) is 22.7. The Morgan fingerprint density at radius 3 is 2.72 bits per heavy atom. The zero-order valence-corrected chi connectivity index (χ0v) is 18.3.